The molecule has 0 aromatic carbocycles. The molecule has 0 saturated carbocycles. The van der Waals surface area contributed by atoms with Crippen LogP contribution in [0.4, 0.5) is 6.01 Å². The number of rotatable bonds is 2. The Morgan fingerprint density at radius 2 is 2.31 bits per heavy atom. The van der Waals surface area contributed by atoms with Crippen LogP contribution in [0, 0.1) is 0 Å². The van der Waals surface area contributed by atoms with Crippen molar-refractivity contribution >= 4 is 6.01 Å². The van der Waals surface area contributed by atoms with Crippen LogP contribution in [0.2, 0.25) is 0 Å². The summed E-state index contributed by atoms with van der Waals surface area (Å²) >= 11 is 0. The lowest BCUT2D eigenvalue weighted by molar-refractivity contribution is 0.432. The molecule has 0 aliphatic carbocycles. The predicted molar refractivity (Wildman–Crippen MR) is 45.3 cm³/mol. The van der Waals surface area contributed by atoms with E-state index in [1.165, 1.54) is 0 Å². The number of hydrogen-bond acceptors (Lipinski definition) is 6. The first kappa shape index (κ1) is 7.69. The van der Waals surface area contributed by atoms with Gasteiger partial charge in [-0.2, -0.15) is 4.98 Å². The van der Waals surface area contributed by atoms with Crippen LogP contribution < -0.4 is 11.3 Å². The van der Waals surface area contributed by atoms with E-state index in [2.05, 4.69) is 20.6 Å². The van der Waals surface area contributed by atoms with Gasteiger partial charge in [0.2, 0.25) is 5.82 Å². The molecule has 0 unspecified atom stereocenters. The minimum atomic E-state index is 0.167. The standard InChI is InChI=1S/C7H7N5O/c8-11-7-10-6(12-13-7)5-3-1-2-4-9-5/h1-4H,8H2,(H,10,11,12). The molecule has 2 aromatic heterocycles. The molecular formula is C7H7N5O. The van der Waals surface area contributed by atoms with Gasteiger partial charge in [0, 0.05) is 6.20 Å². The smallest absolute Gasteiger partial charge is 0.314 e. The van der Waals surface area contributed by atoms with Crippen molar-refractivity contribution in [2.24, 2.45) is 5.84 Å². The lowest BCUT2D eigenvalue weighted by Gasteiger charge is -1.89. The number of nitrogens with zero attached hydrogens (tertiary/aromatic N) is 3. The van der Waals surface area contributed by atoms with Gasteiger partial charge >= 0.3 is 6.01 Å². The molecule has 2 heterocycles. The van der Waals surface area contributed by atoms with Crippen LogP contribution in [0.5, 0.6) is 0 Å². The fraction of sp³-hybridized carbons (Fsp3) is 0. The monoisotopic (exact) mass is 177 g/mol. The molecule has 0 bridgehead atoms. The summed E-state index contributed by atoms with van der Waals surface area (Å²) in [6.07, 6.45) is 1.65. The molecule has 2 rings (SSSR count). The van der Waals surface area contributed by atoms with E-state index in [4.69, 9.17) is 10.4 Å². The third-order valence-electron chi connectivity index (χ3n) is 1.44. The van der Waals surface area contributed by atoms with Crippen molar-refractivity contribution in [2.75, 3.05) is 5.43 Å². The summed E-state index contributed by atoms with van der Waals surface area (Å²) in [5, 5.41) is 3.67. The number of aromatic nitrogens is 3. The molecule has 66 valence electrons. The number of nitrogen functional groups attached to an aromatic ring is 1. The zero-order chi connectivity index (χ0) is 9.10. The van der Waals surface area contributed by atoms with Crippen LogP contribution in [-0.4, -0.2) is 15.1 Å². The zero-order valence-corrected chi connectivity index (χ0v) is 6.64. The van der Waals surface area contributed by atoms with Crippen LogP contribution in [0.3, 0.4) is 0 Å². The highest BCUT2D eigenvalue weighted by molar-refractivity contribution is 5.48. The molecule has 3 N–H and O–H groups in total. The molecule has 2 aromatic rings. The van der Waals surface area contributed by atoms with E-state index in [1.54, 1.807) is 12.3 Å². The zero-order valence-electron chi connectivity index (χ0n) is 6.64. The van der Waals surface area contributed by atoms with Gasteiger partial charge in [-0.3, -0.25) is 10.4 Å². The molecule has 0 radical (unpaired) electrons. The third kappa shape index (κ3) is 1.47. The Morgan fingerprint density at radius 1 is 1.38 bits per heavy atom. The maximum Gasteiger partial charge on any atom is 0.335 e. The first-order chi connectivity index (χ1) is 6.40. The quantitative estimate of drug-likeness (QED) is 0.510. The number of hydrazine groups is 1. The fourth-order valence-corrected chi connectivity index (χ4v) is 0.881. The molecular weight excluding hydrogens is 170 g/mol. The fourth-order valence-electron chi connectivity index (χ4n) is 0.881. The number of anilines is 1. The Bertz CT molecular complexity index is 385. The SMILES string of the molecule is NNc1nc(-c2ccccn2)no1. The van der Waals surface area contributed by atoms with Gasteiger partial charge < -0.3 is 4.52 Å². The van der Waals surface area contributed by atoms with Crippen molar-refractivity contribution in [2.45, 2.75) is 0 Å². The normalized spacial score (nSPS) is 9.92. The van der Waals surface area contributed by atoms with Crippen LogP contribution in [0.1, 0.15) is 0 Å². The highest BCUT2D eigenvalue weighted by atomic mass is 16.5. The second kappa shape index (κ2) is 3.20. The highest BCUT2D eigenvalue weighted by Crippen LogP contribution is 2.13. The predicted octanol–water partition coefficient (Wildman–Crippen LogP) is 0.417. The van der Waals surface area contributed by atoms with Gasteiger partial charge in [-0.15, -0.1) is 0 Å². The molecule has 0 aliphatic rings. The van der Waals surface area contributed by atoms with Crippen molar-refractivity contribution in [1.82, 2.24) is 15.1 Å². The largest absolute Gasteiger partial charge is 0.335 e. The average molecular weight is 177 g/mol. The molecule has 6 nitrogen and oxygen atoms in total. The second-order valence-corrected chi connectivity index (χ2v) is 2.28. The Hall–Kier alpha value is -1.95. The summed E-state index contributed by atoms with van der Waals surface area (Å²) < 4.78 is 4.73. The minimum absolute atomic E-state index is 0.167. The van der Waals surface area contributed by atoms with E-state index in [0.29, 0.717) is 11.5 Å². The Morgan fingerprint density at radius 3 is 2.92 bits per heavy atom. The van der Waals surface area contributed by atoms with Gasteiger partial charge in [0.25, 0.3) is 0 Å². The van der Waals surface area contributed by atoms with Crippen LogP contribution in [0.25, 0.3) is 11.5 Å². The molecule has 0 spiro atoms. The molecule has 6 heteroatoms. The summed E-state index contributed by atoms with van der Waals surface area (Å²) in [4.78, 5) is 7.97. The minimum Gasteiger partial charge on any atom is -0.314 e. The van der Waals surface area contributed by atoms with Crippen LogP contribution >= 0.6 is 0 Å². The van der Waals surface area contributed by atoms with Crippen molar-refractivity contribution in [3.63, 3.8) is 0 Å². The molecule has 0 amide bonds. The van der Waals surface area contributed by atoms with E-state index >= 15 is 0 Å². The number of nitrogens with two attached hydrogens (primary N) is 1. The average Bonchev–Trinajstić information content (AvgIpc) is 2.67. The Balaban J connectivity index is 2.36. The maximum atomic E-state index is 5.07. The summed E-state index contributed by atoms with van der Waals surface area (Å²) in [5.74, 6) is 5.49. The van der Waals surface area contributed by atoms with Gasteiger partial charge in [-0.1, -0.05) is 11.2 Å². The molecule has 0 fully saturated rings. The number of pyridine rings is 1. The van der Waals surface area contributed by atoms with E-state index in [1.807, 2.05) is 12.1 Å². The van der Waals surface area contributed by atoms with Crippen molar-refractivity contribution in [3.05, 3.63) is 24.4 Å². The summed E-state index contributed by atoms with van der Waals surface area (Å²) in [7, 11) is 0. The van der Waals surface area contributed by atoms with Gasteiger partial charge in [-0.05, 0) is 12.1 Å². The summed E-state index contributed by atoms with van der Waals surface area (Å²) in [6, 6.07) is 5.60. The summed E-state index contributed by atoms with van der Waals surface area (Å²) in [5.41, 5.74) is 2.90. The topological polar surface area (TPSA) is 89.9 Å². The van der Waals surface area contributed by atoms with E-state index in [0.717, 1.165) is 0 Å². The second-order valence-electron chi connectivity index (χ2n) is 2.28. The molecule has 0 atom stereocenters. The number of nitrogens with one attached hydrogen (secondary N) is 1. The van der Waals surface area contributed by atoms with Crippen molar-refractivity contribution < 1.29 is 4.52 Å². The number of hydrogen-bond donors (Lipinski definition) is 2. The third-order valence-corrected chi connectivity index (χ3v) is 1.44. The Labute approximate surface area is 73.8 Å². The molecule has 0 aliphatic heterocycles. The van der Waals surface area contributed by atoms with E-state index < -0.39 is 0 Å². The molecule has 13 heavy (non-hydrogen) atoms. The van der Waals surface area contributed by atoms with Gasteiger partial charge in [0.15, 0.2) is 0 Å². The van der Waals surface area contributed by atoms with Crippen LogP contribution in [0.15, 0.2) is 28.9 Å². The van der Waals surface area contributed by atoms with Gasteiger partial charge in [-0.25, -0.2) is 5.84 Å². The van der Waals surface area contributed by atoms with Crippen molar-refractivity contribution in [1.29, 1.82) is 0 Å². The maximum absolute atomic E-state index is 5.07. The first-order valence-corrected chi connectivity index (χ1v) is 3.62. The van der Waals surface area contributed by atoms with E-state index in [-0.39, 0.29) is 6.01 Å². The first-order valence-electron chi connectivity index (χ1n) is 3.62. The lowest BCUT2D eigenvalue weighted by atomic mass is 10.3. The van der Waals surface area contributed by atoms with Crippen molar-refractivity contribution in [3.8, 4) is 11.5 Å². The lowest BCUT2D eigenvalue weighted by Crippen LogP contribution is -2.06. The highest BCUT2D eigenvalue weighted by Gasteiger charge is 2.06. The van der Waals surface area contributed by atoms with Gasteiger partial charge in [0.05, 0.1) is 0 Å². The van der Waals surface area contributed by atoms with Crippen LogP contribution in [-0.2, 0) is 0 Å². The summed E-state index contributed by atoms with van der Waals surface area (Å²) in [6.45, 7) is 0. The Kier molecular flexibility index (Phi) is 1.89. The molecule has 0 saturated heterocycles. The van der Waals surface area contributed by atoms with E-state index in [9.17, 15) is 0 Å². The van der Waals surface area contributed by atoms with Gasteiger partial charge in [0.1, 0.15) is 5.69 Å².